The average Bonchev–Trinajstić information content (AvgIpc) is 2.72. The SMILES string of the molecule is Nc1ccc2c(c1)CC1(C(=O)NC(=O)NC1=O)[C@H]1CN(c3ccccc3)CCN21. The van der Waals surface area contributed by atoms with Gasteiger partial charge in [-0.1, -0.05) is 18.2 Å². The molecule has 3 heterocycles. The largest absolute Gasteiger partial charge is 0.399 e. The number of hydrogen-bond acceptors (Lipinski definition) is 6. The van der Waals surface area contributed by atoms with E-state index in [1.165, 1.54) is 0 Å². The zero-order valence-corrected chi connectivity index (χ0v) is 15.7. The number of amides is 4. The number of piperazine rings is 1. The van der Waals surface area contributed by atoms with Gasteiger partial charge in [0, 0.05) is 36.7 Å². The molecule has 3 aliphatic rings. The molecule has 3 aliphatic heterocycles. The molecule has 0 saturated carbocycles. The summed E-state index contributed by atoms with van der Waals surface area (Å²) in [5.74, 6) is -1.10. The Labute approximate surface area is 167 Å². The Balaban J connectivity index is 1.62. The van der Waals surface area contributed by atoms with E-state index in [-0.39, 0.29) is 6.42 Å². The Hall–Kier alpha value is -3.55. The molecule has 5 rings (SSSR count). The fraction of sp³-hybridized carbons (Fsp3) is 0.286. The number of carbonyl (C=O) groups excluding carboxylic acids is 3. The fourth-order valence-electron chi connectivity index (χ4n) is 4.84. The van der Waals surface area contributed by atoms with Crippen LogP contribution < -0.4 is 26.2 Å². The first-order valence-electron chi connectivity index (χ1n) is 9.61. The van der Waals surface area contributed by atoms with Crippen LogP contribution in [-0.4, -0.2) is 43.5 Å². The van der Waals surface area contributed by atoms with E-state index >= 15 is 0 Å². The first kappa shape index (κ1) is 17.5. The molecule has 2 saturated heterocycles. The van der Waals surface area contributed by atoms with Gasteiger partial charge in [0.05, 0.1) is 6.04 Å². The molecule has 0 bridgehead atoms. The van der Waals surface area contributed by atoms with Gasteiger partial charge in [0.2, 0.25) is 11.8 Å². The predicted octanol–water partition coefficient (Wildman–Crippen LogP) is 0.872. The molecule has 4 N–H and O–H groups in total. The van der Waals surface area contributed by atoms with Gasteiger partial charge < -0.3 is 15.5 Å². The van der Waals surface area contributed by atoms with Crippen molar-refractivity contribution in [1.82, 2.24) is 10.6 Å². The minimum absolute atomic E-state index is 0.197. The number of urea groups is 1. The maximum Gasteiger partial charge on any atom is 0.328 e. The van der Waals surface area contributed by atoms with Crippen LogP contribution in [0.4, 0.5) is 21.9 Å². The molecule has 2 aromatic rings. The third-order valence-corrected chi connectivity index (χ3v) is 6.22. The summed E-state index contributed by atoms with van der Waals surface area (Å²) >= 11 is 0. The number of nitrogens with zero attached hydrogens (tertiary/aromatic N) is 2. The number of imide groups is 2. The lowest BCUT2D eigenvalue weighted by Crippen LogP contribution is -2.74. The molecule has 1 spiro atoms. The minimum Gasteiger partial charge on any atom is -0.399 e. The third kappa shape index (κ3) is 2.55. The first-order chi connectivity index (χ1) is 14.0. The highest BCUT2D eigenvalue weighted by Gasteiger charge is 2.60. The van der Waals surface area contributed by atoms with Gasteiger partial charge in [-0.15, -0.1) is 0 Å². The highest BCUT2D eigenvalue weighted by Crippen LogP contribution is 2.45. The summed E-state index contributed by atoms with van der Waals surface area (Å²) in [6, 6.07) is 14.3. The van der Waals surface area contributed by atoms with Gasteiger partial charge >= 0.3 is 6.03 Å². The van der Waals surface area contributed by atoms with E-state index in [1.54, 1.807) is 0 Å². The van der Waals surface area contributed by atoms with Crippen LogP contribution >= 0.6 is 0 Å². The fourth-order valence-corrected chi connectivity index (χ4v) is 4.84. The van der Waals surface area contributed by atoms with Crippen LogP contribution in [0, 0.1) is 5.41 Å². The third-order valence-electron chi connectivity index (χ3n) is 6.22. The molecule has 8 heteroatoms. The number of benzene rings is 2. The monoisotopic (exact) mass is 391 g/mol. The number of rotatable bonds is 1. The van der Waals surface area contributed by atoms with Crippen molar-refractivity contribution in [2.75, 3.05) is 35.2 Å². The van der Waals surface area contributed by atoms with Gasteiger partial charge in [-0.05, 0) is 42.3 Å². The second kappa shape index (κ2) is 6.23. The number of nitrogens with one attached hydrogen (secondary N) is 2. The molecule has 0 radical (unpaired) electrons. The van der Waals surface area contributed by atoms with Gasteiger partial charge in [0.1, 0.15) is 0 Å². The van der Waals surface area contributed by atoms with Gasteiger partial charge in [0.25, 0.3) is 0 Å². The van der Waals surface area contributed by atoms with Gasteiger partial charge in [0.15, 0.2) is 5.41 Å². The molecule has 1 atom stereocenters. The first-order valence-corrected chi connectivity index (χ1v) is 9.61. The van der Waals surface area contributed by atoms with E-state index in [0.717, 1.165) is 23.5 Å². The molecule has 0 aliphatic carbocycles. The quantitative estimate of drug-likeness (QED) is 0.492. The van der Waals surface area contributed by atoms with E-state index in [9.17, 15) is 14.4 Å². The molecule has 4 amide bonds. The maximum absolute atomic E-state index is 13.1. The normalized spacial score (nSPS) is 22.6. The van der Waals surface area contributed by atoms with Crippen molar-refractivity contribution in [1.29, 1.82) is 0 Å². The Morgan fingerprint density at radius 2 is 1.69 bits per heavy atom. The van der Waals surface area contributed by atoms with Crippen molar-refractivity contribution < 1.29 is 14.4 Å². The maximum atomic E-state index is 13.1. The lowest BCUT2D eigenvalue weighted by atomic mass is 9.68. The summed E-state index contributed by atoms with van der Waals surface area (Å²) in [4.78, 5) is 42.3. The lowest BCUT2D eigenvalue weighted by Gasteiger charge is -2.54. The van der Waals surface area contributed by atoms with Crippen molar-refractivity contribution in [3.63, 3.8) is 0 Å². The molecule has 2 fully saturated rings. The molecule has 0 aromatic heterocycles. The Morgan fingerprint density at radius 3 is 2.41 bits per heavy atom. The van der Waals surface area contributed by atoms with Crippen molar-refractivity contribution in [3.8, 4) is 0 Å². The van der Waals surface area contributed by atoms with Crippen LogP contribution in [0.1, 0.15) is 5.56 Å². The number of barbiturate groups is 1. The molecule has 8 nitrogen and oxygen atoms in total. The lowest BCUT2D eigenvalue weighted by molar-refractivity contribution is -0.146. The zero-order chi connectivity index (χ0) is 20.2. The van der Waals surface area contributed by atoms with Crippen LogP contribution in [0.5, 0.6) is 0 Å². The second-order valence-electron chi connectivity index (χ2n) is 7.76. The number of carbonyl (C=O) groups is 3. The summed E-state index contributed by atoms with van der Waals surface area (Å²) in [7, 11) is 0. The minimum atomic E-state index is -1.40. The van der Waals surface area contributed by atoms with Crippen molar-refractivity contribution in [3.05, 3.63) is 54.1 Å². The zero-order valence-electron chi connectivity index (χ0n) is 15.7. The van der Waals surface area contributed by atoms with E-state index in [0.29, 0.717) is 18.8 Å². The average molecular weight is 391 g/mol. The van der Waals surface area contributed by atoms with Crippen LogP contribution in [0.15, 0.2) is 48.5 Å². The van der Waals surface area contributed by atoms with Crippen LogP contribution in [0.25, 0.3) is 0 Å². The predicted molar refractivity (Wildman–Crippen MR) is 108 cm³/mol. The van der Waals surface area contributed by atoms with E-state index in [4.69, 9.17) is 5.73 Å². The molecule has 148 valence electrons. The summed E-state index contributed by atoms with van der Waals surface area (Å²) < 4.78 is 0. The topological polar surface area (TPSA) is 108 Å². The number of nitrogen functional groups attached to an aromatic ring is 1. The summed E-state index contributed by atoms with van der Waals surface area (Å²) in [6.45, 7) is 1.89. The summed E-state index contributed by atoms with van der Waals surface area (Å²) in [6.07, 6.45) is 0.197. The smallest absolute Gasteiger partial charge is 0.328 e. The highest BCUT2D eigenvalue weighted by molar-refractivity contribution is 6.20. The van der Waals surface area contributed by atoms with E-state index in [2.05, 4.69) is 20.4 Å². The standard InChI is InChI=1S/C21H21N5O3/c22-14-6-7-16-13(10-14)11-21(18(27)23-20(29)24-19(21)28)17-12-25(8-9-26(16)17)15-4-2-1-3-5-15/h1-7,10,17H,8-9,11-12,22H2,(H2,23,24,27,28,29)/t17-/m1/s1. The van der Waals surface area contributed by atoms with Crippen molar-refractivity contribution in [2.45, 2.75) is 12.5 Å². The Kier molecular flexibility index (Phi) is 3.77. The number of nitrogens with two attached hydrogens (primary N) is 1. The molecule has 2 aromatic carbocycles. The number of hydrogen-bond donors (Lipinski definition) is 3. The second-order valence-corrected chi connectivity index (χ2v) is 7.76. The molecular formula is C21H21N5O3. The van der Waals surface area contributed by atoms with Gasteiger partial charge in [-0.3, -0.25) is 20.2 Å². The van der Waals surface area contributed by atoms with Gasteiger partial charge in [-0.25, -0.2) is 4.79 Å². The van der Waals surface area contributed by atoms with Crippen molar-refractivity contribution in [2.24, 2.45) is 5.41 Å². The molecular weight excluding hydrogens is 370 g/mol. The Morgan fingerprint density at radius 1 is 0.966 bits per heavy atom. The van der Waals surface area contributed by atoms with Crippen LogP contribution in [-0.2, 0) is 16.0 Å². The number of fused-ring (bicyclic) bond motifs is 4. The summed E-state index contributed by atoms with van der Waals surface area (Å²) in [5.41, 5.74) is 8.02. The molecule has 29 heavy (non-hydrogen) atoms. The Bertz CT molecular complexity index is 1000. The number of para-hydroxylation sites is 1. The van der Waals surface area contributed by atoms with Crippen LogP contribution in [0.2, 0.25) is 0 Å². The van der Waals surface area contributed by atoms with Crippen molar-refractivity contribution >= 4 is 34.9 Å². The van der Waals surface area contributed by atoms with Crippen LogP contribution in [0.3, 0.4) is 0 Å². The number of anilines is 3. The van der Waals surface area contributed by atoms with Gasteiger partial charge in [-0.2, -0.15) is 0 Å². The summed E-state index contributed by atoms with van der Waals surface area (Å²) in [5, 5.41) is 4.63. The highest BCUT2D eigenvalue weighted by atomic mass is 16.2. The van der Waals surface area contributed by atoms with E-state index in [1.807, 2.05) is 48.5 Å². The van der Waals surface area contributed by atoms with E-state index < -0.39 is 29.3 Å². The molecule has 0 unspecified atom stereocenters.